The van der Waals surface area contributed by atoms with E-state index in [0.717, 1.165) is 11.9 Å². The van der Waals surface area contributed by atoms with Gasteiger partial charge in [-0.3, -0.25) is 4.99 Å². The lowest BCUT2D eigenvalue weighted by Crippen LogP contribution is -2.41. The largest absolute Gasteiger partial charge is 0.370 e. The lowest BCUT2D eigenvalue weighted by Gasteiger charge is -2.17. The number of guanidine groups is 1. The predicted molar refractivity (Wildman–Crippen MR) is 86.6 cm³/mol. The highest BCUT2D eigenvalue weighted by Crippen LogP contribution is 2.32. The average Bonchev–Trinajstić information content (AvgIpc) is 2.80. The van der Waals surface area contributed by atoms with Crippen molar-refractivity contribution in [1.82, 2.24) is 5.32 Å². The standard InChI is InChI=1S/C8H13N3OS.C7H8/c1-5-4-13-7(6(5)3-12)11-8(9)10-2;1-7-5-3-2-4-6-7/h3-4,6-7H,1-2H3,(H3,9,10,11);2-6H,1H3. The minimum Gasteiger partial charge on any atom is -0.370 e. The summed E-state index contributed by atoms with van der Waals surface area (Å²) in [4.78, 5) is 14.5. The van der Waals surface area contributed by atoms with Crippen LogP contribution < -0.4 is 11.1 Å². The number of hydrogen-bond acceptors (Lipinski definition) is 3. The first kappa shape index (κ1) is 16.3. The first-order chi connectivity index (χ1) is 9.58. The SMILES string of the molecule is CN=C(N)NC1SC=C(C)C1C=O.Cc1ccccc1. The van der Waals surface area contributed by atoms with E-state index in [-0.39, 0.29) is 11.3 Å². The molecule has 1 aliphatic heterocycles. The van der Waals surface area contributed by atoms with Gasteiger partial charge >= 0.3 is 0 Å². The minimum absolute atomic E-state index is 0.00111. The zero-order valence-electron chi connectivity index (χ0n) is 12.0. The molecule has 4 nitrogen and oxygen atoms in total. The average molecular weight is 291 g/mol. The third kappa shape index (κ3) is 5.09. The Balaban J connectivity index is 0.000000240. The monoisotopic (exact) mass is 291 g/mol. The number of aryl methyl sites for hydroxylation is 1. The molecule has 0 aliphatic carbocycles. The van der Waals surface area contributed by atoms with Crippen LogP contribution in [0.1, 0.15) is 12.5 Å². The van der Waals surface area contributed by atoms with Crippen LogP contribution in [0.25, 0.3) is 0 Å². The van der Waals surface area contributed by atoms with E-state index in [9.17, 15) is 4.79 Å². The van der Waals surface area contributed by atoms with Gasteiger partial charge in [0.15, 0.2) is 5.96 Å². The van der Waals surface area contributed by atoms with Crippen LogP contribution in [0.3, 0.4) is 0 Å². The van der Waals surface area contributed by atoms with Crippen molar-refractivity contribution in [1.29, 1.82) is 0 Å². The highest BCUT2D eigenvalue weighted by molar-refractivity contribution is 8.03. The van der Waals surface area contributed by atoms with Crippen LogP contribution in [0.4, 0.5) is 0 Å². The van der Waals surface area contributed by atoms with Gasteiger partial charge < -0.3 is 15.8 Å². The summed E-state index contributed by atoms with van der Waals surface area (Å²) in [5.74, 6) is 0.276. The van der Waals surface area contributed by atoms with E-state index in [1.54, 1.807) is 18.8 Å². The molecule has 2 unspecified atom stereocenters. The van der Waals surface area contributed by atoms with Crippen molar-refractivity contribution in [3.63, 3.8) is 0 Å². The Labute approximate surface area is 124 Å². The summed E-state index contributed by atoms with van der Waals surface area (Å²) in [5, 5.41) is 4.94. The van der Waals surface area contributed by atoms with Gasteiger partial charge in [0.25, 0.3) is 0 Å². The molecule has 1 heterocycles. The van der Waals surface area contributed by atoms with E-state index in [2.05, 4.69) is 29.4 Å². The summed E-state index contributed by atoms with van der Waals surface area (Å²) < 4.78 is 0. The third-order valence-corrected chi connectivity index (χ3v) is 4.08. The van der Waals surface area contributed by atoms with Crippen LogP contribution in [-0.4, -0.2) is 24.7 Å². The number of nitrogens with one attached hydrogen (secondary N) is 1. The van der Waals surface area contributed by atoms with E-state index in [4.69, 9.17) is 5.73 Å². The number of carbonyl (C=O) groups is 1. The molecule has 0 saturated heterocycles. The van der Waals surface area contributed by atoms with E-state index in [1.165, 1.54) is 5.56 Å². The molecular formula is C15H21N3OS. The molecule has 3 N–H and O–H groups in total. The molecule has 0 amide bonds. The Morgan fingerprint density at radius 3 is 2.45 bits per heavy atom. The zero-order chi connectivity index (χ0) is 15.0. The quantitative estimate of drug-likeness (QED) is 0.498. The van der Waals surface area contributed by atoms with Gasteiger partial charge in [-0.1, -0.05) is 41.5 Å². The van der Waals surface area contributed by atoms with Gasteiger partial charge in [0, 0.05) is 7.05 Å². The van der Waals surface area contributed by atoms with Gasteiger partial charge in [-0.05, 0) is 19.3 Å². The van der Waals surface area contributed by atoms with Crippen molar-refractivity contribution in [2.24, 2.45) is 16.6 Å². The molecule has 2 atom stereocenters. The first-order valence-corrected chi connectivity index (χ1v) is 7.30. The van der Waals surface area contributed by atoms with Gasteiger partial charge in [-0.2, -0.15) is 0 Å². The van der Waals surface area contributed by atoms with Gasteiger partial charge in [0.1, 0.15) is 6.29 Å². The summed E-state index contributed by atoms with van der Waals surface area (Å²) in [7, 11) is 1.61. The summed E-state index contributed by atoms with van der Waals surface area (Å²) in [6.45, 7) is 4.02. The Morgan fingerprint density at radius 2 is 2.00 bits per heavy atom. The summed E-state index contributed by atoms with van der Waals surface area (Å²) in [5.41, 5.74) is 7.89. The number of thioether (sulfide) groups is 1. The summed E-state index contributed by atoms with van der Waals surface area (Å²) >= 11 is 1.56. The van der Waals surface area contributed by atoms with Crippen molar-refractivity contribution in [3.05, 3.63) is 46.9 Å². The Kier molecular flexibility index (Phi) is 6.87. The molecule has 1 aliphatic rings. The molecule has 5 heteroatoms. The Morgan fingerprint density at radius 1 is 1.35 bits per heavy atom. The fraction of sp³-hybridized carbons (Fsp3) is 0.333. The van der Waals surface area contributed by atoms with E-state index < -0.39 is 0 Å². The Bertz CT molecular complexity index is 485. The molecule has 0 bridgehead atoms. The molecule has 1 aromatic carbocycles. The molecule has 0 spiro atoms. The fourth-order valence-corrected chi connectivity index (χ4v) is 2.79. The number of nitrogens with zero attached hydrogens (tertiary/aromatic N) is 1. The summed E-state index contributed by atoms with van der Waals surface area (Å²) in [6, 6.07) is 10.3. The lowest BCUT2D eigenvalue weighted by atomic mass is 10.0. The molecule has 0 radical (unpaired) electrons. The van der Waals surface area contributed by atoms with Crippen LogP contribution in [0.2, 0.25) is 0 Å². The van der Waals surface area contributed by atoms with Crippen molar-refractivity contribution in [2.45, 2.75) is 19.2 Å². The maximum absolute atomic E-state index is 10.7. The normalized spacial score (nSPS) is 21.6. The number of aldehydes is 1. The molecular weight excluding hydrogens is 270 g/mol. The number of rotatable bonds is 2. The number of aliphatic imine (C=N–C) groups is 1. The Hall–Kier alpha value is -1.75. The highest BCUT2D eigenvalue weighted by atomic mass is 32.2. The first-order valence-electron chi connectivity index (χ1n) is 6.36. The van der Waals surface area contributed by atoms with Crippen molar-refractivity contribution in [2.75, 3.05) is 7.05 Å². The molecule has 108 valence electrons. The smallest absolute Gasteiger partial charge is 0.189 e. The molecule has 1 aromatic rings. The third-order valence-electron chi connectivity index (χ3n) is 2.87. The molecule has 0 aromatic heterocycles. The van der Waals surface area contributed by atoms with Crippen LogP contribution in [-0.2, 0) is 4.79 Å². The number of nitrogens with two attached hydrogens (primary N) is 1. The van der Waals surface area contributed by atoms with E-state index in [0.29, 0.717) is 5.96 Å². The lowest BCUT2D eigenvalue weighted by molar-refractivity contribution is -0.110. The second-order valence-electron chi connectivity index (χ2n) is 4.49. The fourth-order valence-electron chi connectivity index (χ4n) is 1.63. The number of carbonyl (C=O) groups excluding carboxylic acids is 1. The maximum Gasteiger partial charge on any atom is 0.189 e. The van der Waals surface area contributed by atoms with Crippen LogP contribution >= 0.6 is 11.8 Å². The minimum atomic E-state index is -0.0923. The zero-order valence-corrected chi connectivity index (χ0v) is 12.9. The predicted octanol–water partition coefficient (Wildman–Crippen LogP) is 2.31. The van der Waals surface area contributed by atoms with Gasteiger partial charge in [0.05, 0.1) is 11.3 Å². The number of hydrogen-bond donors (Lipinski definition) is 2. The van der Waals surface area contributed by atoms with Gasteiger partial charge in [-0.25, -0.2) is 0 Å². The molecule has 2 rings (SSSR count). The number of benzene rings is 1. The molecule has 20 heavy (non-hydrogen) atoms. The van der Waals surface area contributed by atoms with Crippen LogP contribution in [0.15, 0.2) is 46.3 Å². The second-order valence-corrected chi connectivity index (χ2v) is 5.50. The van der Waals surface area contributed by atoms with Gasteiger partial charge in [-0.15, -0.1) is 11.8 Å². The highest BCUT2D eigenvalue weighted by Gasteiger charge is 2.27. The van der Waals surface area contributed by atoms with Crippen LogP contribution in [0, 0.1) is 12.8 Å². The topological polar surface area (TPSA) is 67.5 Å². The van der Waals surface area contributed by atoms with E-state index >= 15 is 0 Å². The molecule has 0 fully saturated rings. The van der Waals surface area contributed by atoms with Crippen molar-refractivity contribution < 1.29 is 4.79 Å². The second kappa shape index (κ2) is 8.43. The molecule has 0 saturated carbocycles. The van der Waals surface area contributed by atoms with Crippen molar-refractivity contribution in [3.8, 4) is 0 Å². The van der Waals surface area contributed by atoms with Crippen molar-refractivity contribution >= 4 is 24.0 Å². The summed E-state index contributed by atoms with van der Waals surface area (Å²) in [6.07, 6.45) is 0.937. The van der Waals surface area contributed by atoms with Crippen LogP contribution in [0.5, 0.6) is 0 Å². The maximum atomic E-state index is 10.7. The van der Waals surface area contributed by atoms with Gasteiger partial charge in [0.2, 0.25) is 0 Å². The van der Waals surface area contributed by atoms with E-state index in [1.807, 2.05) is 30.5 Å².